The number of carbonyl (C=O) groups excluding carboxylic acids is 1. The molecular formula is C12H15ClO2S. The van der Waals surface area contributed by atoms with Crippen LogP contribution in [0.15, 0.2) is 18.2 Å². The highest BCUT2D eigenvalue weighted by molar-refractivity contribution is 7.98. The van der Waals surface area contributed by atoms with Crippen LogP contribution in [0.5, 0.6) is 5.75 Å². The van der Waals surface area contributed by atoms with Crippen LogP contribution in [0.2, 0.25) is 5.02 Å². The summed E-state index contributed by atoms with van der Waals surface area (Å²) in [5.41, 5.74) is 0.552. The van der Waals surface area contributed by atoms with Crippen molar-refractivity contribution in [1.29, 1.82) is 0 Å². The van der Waals surface area contributed by atoms with Crippen LogP contribution < -0.4 is 4.74 Å². The molecule has 0 fully saturated rings. The molecule has 1 rings (SSSR count). The van der Waals surface area contributed by atoms with E-state index in [0.29, 0.717) is 22.9 Å². The molecule has 0 aliphatic rings. The topological polar surface area (TPSA) is 26.3 Å². The van der Waals surface area contributed by atoms with Gasteiger partial charge in [-0.1, -0.05) is 11.6 Å². The fourth-order valence-corrected chi connectivity index (χ4v) is 1.87. The number of ketones is 1. The zero-order valence-corrected chi connectivity index (χ0v) is 11.0. The highest BCUT2D eigenvalue weighted by Gasteiger charge is 2.08. The summed E-state index contributed by atoms with van der Waals surface area (Å²) in [5.74, 6) is 1.66. The standard InChI is InChI=1S/C12H15ClO2S/c1-9(14)11-8-10(13)4-5-12(11)15-6-3-7-16-2/h4-5,8H,3,6-7H2,1-2H3. The number of hydrogen-bond acceptors (Lipinski definition) is 3. The fraction of sp³-hybridized carbons (Fsp3) is 0.417. The van der Waals surface area contributed by atoms with Crippen LogP contribution in [0.25, 0.3) is 0 Å². The Labute approximate surface area is 105 Å². The van der Waals surface area contributed by atoms with Crippen molar-refractivity contribution in [1.82, 2.24) is 0 Å². The lowest BCUT2D eigenvalue weighted by Gasteiger charge is -2.09. The predicted molar refractivity (Wildman–Crippen MR) is 70.0 cm³/mol. The van der Waals surface area contributed by atoms with Gasteiger partial charge < -0.3 is 4.74 Å². The Hall–Kier alpha value is -0.670. The van der Waals surface area contributed by atoms with Crippen molar-refractivity contribution in [3.63, 3.8) is 0 Å². The third-order valence-corrected chi connectivity index (χ3v) is 3.00. The zero-order chi connectivity index (χ0) is 12.0. The largest absolute Gasteiger partial charge is 0.493 e. The third-order valence-electron chi connectivity index (χ3n) is 2.07. The minimum absolute atomic E-state index is 0.0256. The number of ether oxygens (including phenoxy) is 1. The molecule has 2 nitrogen and oxygen atoms in total. The average Bonchev–Trinajstić information content (AvgIpc) is 2.26. The summed E-state index contributed by atoms with van der Waals surface area (Å²) in [4.78, 5) is 11.4. The second kappa shape index (κ2) is 6.81. The minimum atomic E-state index is -0.0256. The lowest BCUT2D eigenvalue weighted by Crippen LogP contribution is -2.03. The van der Waals surface area contributed by atoms with Gasteiger partial charge in [0.15, 0.2) is 5.78 Å². The van der Waals surface area contributed by atoms with Crippen molar-refractivity contribution in [2.45, 2.75) is 13.3 Å². The van der Waals surface area contributed by atoms with Gasteiger partial charge in [-0.3, -0.25) is 4.79 Å². The van der Waals surface area contributed by atoms with Crippen LogP contribution in [0.4, 0.5) is 0 Å². The summed E-state index contributed by atoms with van der Waals surface area (Å²) in [6, 6.07) is 5.13. The van der Waals surface area contributed by atoms with E-state index in [-0.39, 0.29) is 5.78 Å². The normalized spacial score (nSPS) is 10.2. The van der Waals surface area contributed by atoms with Gasteiger partial charge in [-0.2, -0.15) is 11.8 Å². The average molecular weight is 259 g/mol. The number of halogens is 1. The second-order valence-electron chi connectivity index (χ2n) is 3.39. The van der Waals surface area contributed by atoms with Crippen molar-refractivity contribution in [2.75, 3.05) is 18.6 Å². The Morgan fingerprint density at radius 1 is 1.50 bits per heavy atom. The minimum Gasteiger partial charge on any atom is -0.493 e. The fourth-order valence-electron chi connectivity index (χ4n) is 1.29. The van der Waals surface area contributed by atoms with Gasteiger partial charge in [-0.15, -0.1) is 0 Å². The van der Waals surface area contributed by atoms with Gasteiger partial charge in [0.1, 0.15) is 5.75 Å². The van der Waals surface area contributed by atoms with E-state index in [4.69, 9.17) is 16.3 Å². The van der Waals surface area contributed by atoms with Crippen molar-refractivity contribution >= 4 is 29.1 Å². The molecule has 0 radical (unpaired) electrons. The first-order valence-corrected chi connectivity index (χ1v) is 6.84. The van der Waals surface area contributed by atoms with E-state index < -0.39 is 0 Å². The number of carbonyl (C=O) groups is 1. The second-order valence-corrected chi connectivity index (χ2v) is 4.81. The Bertz CT molecular complexity index is 366. The van der Waals surface area contributed by atoms with Crippen LogP contribution in [0.1, 0.15) is 23.7 Å². The molecule has 1 aromatic carbocycles. The summed E-state index contributed by atoms with van der Waals surface area (Å²) in [5, 5.41) is 0.557. The van der Waals surface area contributed by atoms with Gasteiger partial charge in [-0.25, -0.2) is 0 Å². The van der Waals surface area contributed by atoms with Gasteiger partial charge >= 0.3 is 0 Å². The van der Waals surface area contributed by atoms with Crippen molar-refractivity contribution in [3.05, 3.63) is 28.8 Å². The molecule has 88 valence electrons. The van der Waals surface area contributed by atoms with E-state index in [2.05, 4.69) is 6.26 Å². The molecule has 1 aromatic rings. The molecule has 0 saturated heterocycles. The quantitative estimate of drug-likeness (QED) is 0.575. The Morgan fingerprint density at radius 2 is 2.25 bits per heavy atom. The number of hydrogen-bond donors (Lipinski definition) is 0. The molecule has 0 aliphatic carbocycles. The maximum atomic E-state index is 11.4. The lowest BCUT2D eigenvalue weighted by molar-refractivity contribution is 0.101. The monoisotopic (exact) mass is 258 g/mol. The van der Waals surface area contributed by atoms with E-state index in [1.54, 1.807) is 30.0 Å². The van der Waals surface area contributed by atoms with Gasteiger partial charge in [0.2, 0.25) is 0 Å². The van der Waals surface area contributed by atoms with Crippen LogP contribution in [0, 0.1) is 0 Å². The van der Waals surface area contributed by atoms with Crippen LogP contribution in [0.3, 0.4) is 0 Å². The summed E-state index contributed by atoms with van der Waals surface area (Å²) < 4.78 is 5.56. The van der Waals surface area contributed by atoms with Gasteiger partial charge in [0.25, 0.3) is 0 Å². The molecule has 0 atom stereocenters. The summed E-state index contributed by atoms with van der Waals surface area (Å²) in [6.45, 7) is 2.14. The van der Waals surface area contributed by atoms with Gasteiger partial charge in [0.05, 0.1) is 12.2 Å². The number of benzene rings is 1. The van der Waals surface area contributed by atoms with Crippen LogP contribution in [-0.4, -0.2) is 24.4 Å². The van der Waals surface area contributed by atoms with E-state index >= 15 is 0 Å². The summed E-state index contributed by atoms with van der Waals surface area (Å²) >= 11 is 7.62. The Morgan fingerprint density at radius 3 is 2.88 bits per heavy atom. The molecule has 0 saturated carbocycles. The van der Waals surface area contributed by atoms with Crippen molar-refractivity contribution in [2.24, 2.45) is 0 Å². The Balaban J connectivity index is 2.67. The predicted octanol–water partition coefficient (Wildman–Crippen LogP) is 3.67. The highest BCUT2D eigenvalue weighted by Crippen LogP contribution is 2.23. The first-order valence-electron chi connectivity index (χ1n) is 5.07. The molecule has 0 amide bonds. The van der Waals surface area contributed by atoms with E-state index in [1.165, 1.54) is 6.92 Å². The number of rotatable bonds is 6. The zero-order valence-electron chi connectivity index (χ0n) is 9.46. The molecule has 0 bridgehead atoms. The van der Waals surface area contributed by atoms with Crippen LogP contribution in [-0.2, 0) is 0 Å². The molecular weight excluding hydrogens is 244 g/mol. The summed E-state index contributed by atoms with van der Waals surface area (Å²) in [6.07, 6.45) is 3.03. The molecule has 16 heavy (non-hydrogen) atoms. The molecule has 0 spiro atoms. The molecule has 0 unspecified atom stereocenters. The van der Waals surface area contributed by atoms with Gasteiger partial charge in [-0.05, 0) is 43.6 Å². The molecule has 0 aromatic heterocycles. The van der Waals surface area contributed by atoms with Crippen molar-refractivity contribution in [3.8, 4) is 5.75 Å². The lowest BCUT2D eigenvalue weighted by atomic mass is 10.1. The smallest absolute Gasteiger partial charge is 0.163 e. The van der Waals surface area contributed by atoms with Gasteiger partial charge in [0, 0.05) is 5.02 Å². The molecule has 4 heteroatoms. The maximum absolute atomic E-state index is 11.4. The van der Waals surface area contributed by atoms with E-state index in [9.17, 15) is 4.79 Å². The van der Waals surface area contributed by atoms with E-state index in [0.717, 1.165) is 12.2 Å². The van der Waals surface area contributed by atoms with Crippen LogP contribution >= 0.6 is 23.4 Å². The molecule has 0 N–H and O–H groups in total. The van der Waals surface area contributed by atoms with Crippen molar-refractivity contribution < 1.29 is 9.53 Å². The molecule has 0 heterocycles. The molecule has 0 aliphatic heterocycles. The number of thioether (sulfide) groups is 1. The first kappa shape index (κ1) is 13.4. The third kappa shape index (κ3) is 4.06. The highest BCUT2D eigenvalue weighted by atomic mass is 35.5. The number of Topliss-reactive ketones (excluding diaryl/α,β-unsaturated/α-hetero) is 1. The summed E-state index contributed by atoms with van der Waals surface area (Å²) in [7, 11) is 0. The SMILES string of the molecule is CSCCCOc1ccc(Cl)cc1C(C)=O. The first-order chi connectivity index (χ1) is 7.65. The van der Waals surface area contributed by atoms with E-state index in [1.807, 2.05) is 0 Å². The Kier molecular flexibility index (Phi) is 5.71. The maximum Gasteiger partial charge on any atom is 0.163 e.